The molecule has 164 valence electrons. The van der Waals surface area contributed by atoms with E-state index in [2.05, 4.69) is 0 Å². The summed E-state index contributed by atoms with van der Waals surface area (Å²) in [5.74, 6) is -1.80. The van der Waals surface area contributed by atoms with Crippen LogP contribution in [0.15, 0.2) is 60.7 Å². The summed E-state index contributed by atoms with van der Waals surface area (Å²) < 4.78 is 27.6. The van der Waals surface area contributed by atoms with E-state index in [-0.39, 0.29) is 17.2 Å². The van der Waals surface area contributed by atoms with Gasteiger partial charge in [0.2, 0.25) is 0 Å². The topological polar surface area (TPSA) is 38.8 Å². The Balaban J connectivity index is 1.56. The summed E-state index contributed by atoms with van der Waals surface area (Å²) in [6, 6.07) is 16.8. The second kappa shape index (κ2) is 8.30. The molecule has 1 fully saturated rings. The number of carbonyl (C=O) groups excluding carboxylic acids is 1. The summed E-state index contributed by atoms with van der Waals surface area (Å²) >= 11 is 12.2. The Morgan fingerprint density at radius 2 is 1.31 bits per heavy atom. The molecular weight excluding hydrogens is 452 g/mol. The van der Waals surface area contributed by atoms with Crippen LogP contribution >= 0.6 is 23.2 Å². The van der Waals surface area contributed by atoms with Crippen LogP contribution in [0.1, 0.15) is 40.7 Å². The molecule has 7 heteroatoms. The first-order valence-corrected chi connectivity index (χ1v) is 11.2. The van der Waals surface area contributed by atoms with Gasteiger partial charge in [-0.05, 0) is 73.9 Å². The smallest absolute Gasteiger partial charge is 0.305 e. The van der Waals surface area contributed by atoms with E-state index in [0.717, 1.165) is 19.3 Å². The van der Waals surface area contributed by atoms with Crippen molar-refractivity contribution in [2.45, 2.75) is 25.0 Å². The van der Waals surface area contributed by atoms with Gasteiger partial charge in [0.1, 0.15) is 5.82 Å². The van der Waals surface area contributed by atoms with Gasteiger partial charge >= 0.3 is 5.79 Å². The highest BCUT2D eigenvalue weighted by molar-refractivity contribution is 6.30. The van der Waals surface area contributed by atoms with E-state index in [0.29, 0.717) is 40.0 Å². The first kappa shape index (κ1) is 21.1. The summed E-state index contributed by atoms with van der Waals surface area (Å²) in [5.41, 5.74) is 1.33. The van der Waals surface area contributed by atoms with Gasteiger partial charge in [-0.2, -0.15) is 0 Å². The normalized spacial score (nSPS) is 16.8. The van der Waals surface area contributed by atoms with E-state index in [1.54, 1.807) is 53.4 Å². The predicted molar refractivity (Wildman–Crippen MR) is 121 cm³/mol. The molecule has 32 heavy (non-hydrogen) atoms. The molecule has 0 aromatic heterocycles. The molecule has 0 aliphatic carbocycles. The van der Waals surface area contributed by atoms with E-state index >= 15 is 0 Å². The van der Waals surface area contributed by atoms with Gasteiger partial charge in [0.05, 0.1) is 5.56 Å². The number of nitrogens with zero attached hydrogens (tertiary/aromatic N) is 1. The van der Waals surface area contributed by atoms with Gasteiger partial charge < -0.3 is 14.4 Å². The molecule has 0 spiro atoms. The number of benzene rings is 3. The standard InChI is InChI=1S/C25H20Cl2FNO3/c26-18-8-4-16(5-9-18)25(17-6-10-19(27)11-7-17)31-22-14-20(21(28)15-23(22)32-25)24(30)29-12-2-1-3-13-29/h4-11,14-15H,1-3,12-13H2. The molecule has 3 aromatic carbocycles. The number of likely N-dealkylation sites (tertiary alicyclic amines) is 1. The molecule has 5 rings (SSSR count). The number of carbonyl (C=O) groups is 1. The van der Waals surface area contributed by atoms with Gasteiger partial charge in [0.15, 0.2) is 11.5 Å². The molecular formula is C25H20Cl2FNO3. The molecule has 2 heterocycles. The molecule has 0 N–H and O–H groups in total. The minimum atomic E-state index is -1.36. The SMILES string of the molecule is O=C(c1cc2c(cc1F)OC(c1ccc(Cl)cc1)(c1ccc(Cl)cc1)O2)N1CCCCC1. The molecule has 2 aliphatic rings. The predicted octanol–water partition coefficient (Wildman–Crippen LogP) is 6.43. The van der Waals surface area contributed by atoms with Gasteiger partial charge in [-0.15, -0.1) is 0 Å². The summed E-state index contributed by atoms with van der Waals surface area (Å²) in [6.07, 6.45) is 2.93. The molecule has 0 saturated carbocycles. The van der Waals surface area contributed by atoms with Gasteiger partial charge in [-0.3, -0.25) is 4.79 Å². The lowest BCUT2D eigenvalue weighted by atomic mass is 9.97. The van der Waals surface area contributed by atoms with Crippen LogP contribution in [0, 0.1) is 5.82 Å². The van der Waals surface area contributed by atoms with Crippen molar-refractivity contribution in [1.82, 2.24) is 4.90 Å². The van der Waals surface area contributed by atoms with Crippen molar-refractivity contribution < 1.29 is 18.7 Å². The van der Waals surface area contributed by atoms with Crippen LogP contribution in [0.25, 0.3) is 0 Å². The average Bonchev–Trinajstić information content (AvgIpc) is 3.19. The zero-order chi connectivity index (χ0) is 22.3. The van der Waals surface area contributed by atoms with Crippen molar-refractivity contribution in [2.24, 2.45) is 0 Å². The Morgan fingerprint density at radius 1 is 0.812 bits per heavy atom. The van der Waals surface area contributed by atoms with Crippen LogP contribution in [0.2, 0.25) is 10.0 Å². The minimum Gasteiger partial charge on any atom is -0.440 e. The molecule has 1 amide bonds. The third-order valence-corrected chi connectivity index (χ3v) is 6.37. The number of ether oxygens (including phenoxy) is 2. The lowest BCUT2D eigenvalue weighted by Gasteiger charge is -2.28. The fraction of sp³-hybridized carbons (Fsp3) is 0.240. The zero-order valence-corrected chi connectivity index (χ0v) is 18.6. The monoisotopic (exact) mass is 471 g/mol. The van der Waals surface area contributed by atoms with Crippen molar-refractivity contribution >= 4 is 29.1 Å². The molecule has 0 bridgehead atoms. The lowest BCUT2D eigenvalue weighted by molar-refractivity contribution is -0.0459. The maximum atomic E-state index is 15.0. The first-order valence-electron chi connectivity index (χ1n) is 10.5. The van der Waals surface area contributed by atoms with E-state index in [1.807, 2.05) is 0 Å². The number of hydrogen-bond acceptors (Lipinski definition) is 3. The number of fused-ring (bicyclic) bond motifs is 1. The van der Waals surface area contributed by atoms with Crippen molar-refractivity contribution in [1.29, 1.82) is 0 Å². The van der Waals surface area contributed by atoms with Crippen molar-refractivity contribution in [3.63, 3.8) is 0 Å². The number of piperidine rings is 1. The summed E-state index contributed by atoms with van der Waals surface area (Å²) in [4.78, 5) is 14.6. The second-order valence-electron chi connectivity index (χ2n) is 7.97. The minimum absolute atomic E-state index is 0.0164. The van der Waals surface area contributed by atoms with Crippen molar-refractivity contribution in [3.05, 3.63) is 93.2 Å². The van der Waals surface area contributed by atoms with Crippen LogP contribution in [0.4, 0.5) is 4.39 Å². The quantitative estimate of drug-likeness (QED) is 0.441. The summed E-state index contributed by atoms with van der Waals surface area (Å²) in [6.45, 7) is 1.26. The number of amides is 1. The second-order valence-corrected chi connectivity index (χ2v) is 8.84. The molecule has 0 radical (unpaired) electrons. The molecule has 1 saturated heterocycles. The molecule has 3 aromatic rings. The first-order chi connectivity index (χ1) is 15.5. The lowest BCUT2D eigenvalue weighted by Crippen LogP contribution is -2.36. The zero-order valence-electron chi connectivity index (χ0n) is 17.1. The number of halogens is 3. The highest BCUT2D eigenvalue weighted by Crippen LogP contribution is 2.49. The number of hydrogen-bond donors (Lipinski definition) is 0. The molecule has 0 unspecified atom stereocenters. The highest BCUT2D eigenvalue weighted by atomic mass is 35.5. The van der Waals surface area contributed by atoms with Crippen molar-refractivity contribution in [3.8, 4) is 11.5 Å². The van der Waals surface area contributed by atoms with E-state index in [1.165, 1.54) is 12.1 Å². The van der Waals surface area contributed by atoms with Crippen LogP contribution in [-0.4, -0.2) is 23.9 Å². The van der Waals surface area contributed by atoms with Crippen LogP contribution < -0.4 is 9.47 Å². The Labute approximate surface area is 195 Å². The van der Waals surface area contributed by atoms with Crippen LogP contribution in [0.5, 0.6) is 11.5 Å². The third kappa shape index (κ3) is 3.70. The van der Waals surface area contributed by atoms with E-state index in [9.17, 15) is 9.18 Å². The van der Waals surface area contributed by atoms with Crippen LogP contribution in [0.3, 0.4) is 0 Å². The Bertz CT molecular complexity index is 1110. The van der Waals surface area contributed by atoms with Gasteiger partial charge in [-0.1, -0.05) is 23.2 Å². The van der Waals surface area contributed by atoms with Gasteiger partial charge in [-0.25, -0.2) is 4.39 Å². The van der Waals surface area contributed by atoms with Crippen molar-refractivity contribution in [2.75, 3.05) is 13.1 Å². The maximum absolute atomic E-state index is 15.0. The Hall–Kier alpha value is -2.76. The summed E-state index contributed by atoms with van der Waals surface area (Å²) in [5, 5.41) is 1.13. The largest absolute Gasteiger partial charge is 0.440 e. The average molecular weight is 472 g/mol. The molecule has 4 nitrogen and oxygen atoms in total. The van der Waals surface area contributed by atoms with Gasteiger partial charge in [0, 0.05) is 40.3 Å². The fourth-order valence-electron chi connectivity index (χ4n) is 4.20. The fourth-order valence-corrected chi connectivity index (χ4v) is 4.45. The molecule has 2 aliphatic heterocycles. The Morgan fingerprint density at radius 3 is 1.84 bits per heavy atom. The molecule has 0 atom stereocenters. The third-order valence-electron chi connectivity index (χ3n) is 5.86. The number of rotatable bonds is 3. The van der Waals surface area contributed by atoms with Crippen LogP contribution in [-0.2, 0) is 5.79 Å². The van der Waals surface area contributed by atoms with E-state index in [4.69, 9.17) is 32.7 Å². The Kier molecular flexibility index (Phi) is 5.48. The highest BCUT2D eigenvalue weighted by Gasteiger charge is 2.46. The summed E-state index contributed by atoms with van der Waals surface area (Å²) in [7, 11) is 0. The van der Waals surface area contributed by atoms with E-state index < -0.39 is 11.6 Å². The van der Waals surface area contributed by atoms with Gasteiger partial charge in [0.25, 0.3) is 5.91 Å². The maximum Gasteiger partial charge on any atom is 0.305 e.